The number of ether oxygens (including phenoxy) is 1. The second-order valence-corrected chi connectivity index (χ2v) is 5.20. The maximum atomic E-state index is 9.26. The summed E-state index contributed by atoms with van der Waals surface area (Å²) in [7, 11) is 4.05. The van der Waals surface area contributed by atoms with Crippen LogP contribution in [0.3, 0.4) is 0 Å². The molecule has 0 fully saturated rings. The van der Waals surface area contributed by atoms with E-state index in [4.69, 9.17) is 4.74 Å². The molecule has 4 heteroatoms. The number of nitrogens with one attached hydrogen (secondary N) is 1. The largest absolute Gasteiger partial charge is 0.508 e. The van der Waals surface area contributed by atoms with Crippen molar-refractivity contribution in [3.63, 3.8) is 0 Å². The first-order valence-corrected chi connectivity index (χ1v) is 7.03. The van der Waals surface area contributed by atoms with E-state index in [1.54, 1.807) is 12.1 Å². The average Bonchev–Trinajstić information content (AvgIpc) is 2.47. The Morgan fingerprint density at radius 2 is 1.86 bits per heavy atom. The van der Waals surface area contributed by atoms with Gasteiger partial charge in [0.25, 0.3) is 0 Å². The molecule has 0 spiro atoms. The van der Waals surface area contributed by atoms with Gasteiger partial charge in [0, 0.05) is 24.8 Å². The number of aromatic hydroxyl groups is 1. The summed E-state index contributed by atoms with van der Waals surface area (Å²) < 4.78 is 5.71. The molecule has 0 heterocycles. The Morgan fingerprint density at radius 1 is 1.10 bits per heavy atom. The normalized spacial score (nSPS) is 10.6. The molecule has 0 unspecified atom stereocenters. The number of rotatable bonds is 7. The van der Waals surface area contributed by atoms with E-state index in [-0.39, 0.29) is 5.75 Å². The van der Waals surface area contributed by atoms with Crippen LogP contribution in [0, 0.1) is 0 Å². The Morgan fingerprint density at radius 3 is 2.57 bits per heavy atom. The van der Waals surface area contributed by atoms with Gasteiger partial charge < -0.3 is 20.1 Å². The molecule has 0 aliphatic rings. The van der Waals surface area contributed by atoms with Gasteiger partial charge in [0.2, 0.25) is 0 Å². The van der Waals surface area contributed by atoms with Crippen molar-refractivity contribution < 1.29 is 9.84 Å². The van der Waals surface area contributed by atoms with Gasteiger partial charge in [0.05, 0.1) is 0 Å². The van der Waals surface area contributed by atoms with E-state index in [1.807, 2.05) is 50.5 Å². The summed E-state index contributed by atoms with van der Waals surface area (Å²) in [5, 5.41) is 12.6. The predicted molar refractivity (Wildman–Crippen MR) is 85.9 cm³/mol. The molecule has 0 radical (unpaired) electrons. The number of hydrogen-bond donors (Lipinski definition) is 2. The molecule has 2 aromatic carbocycles. The topological polar surface area (TPSA) is 44.7 Å². The molecular weight excluding hydrogens is 264 g/mol. The molecule has 112 valence electrons. The van der Waals surface area contributed by atoms with E-state index < -0.39 is 0 Å². The smallest absolute Gasteiger partial charge is 0.121 e. The summed E-state index contributed by atoms with van der Waals surface area (Å²) in [6.07, 6.45) is 0. The number of phenolic OH excluding ortho intramolecular Hbond substituents is 1. The number of likely N-dealkylation sites (N-methyl/N-ethyl adjacent to an activating group) is 1. The fraction of sp³-hybridized carbons (Fsp3) is 0.294. The second-order valence-electron chi connectivity index (χ2n) is 5.20. The molecule has 2 rings (SSSR count). The van der Waals surface area contributed by atoms with E-state index in [2.05, 4.69) is 10.2 Å². The third-order valence-corrected chi connectivity index (χ3v) is 3.07. The minimum atomic E-state index is 0.287. The average molecular weight is 286 g/mol. The molecule has 0 atom stereocenters. The van der Waals surface area contributed by atoms with Crippen molar-refractivity contribution in [2.24, 2.45) is 0 Å². The van der Waals surface area contributed by atoms with Gasteiger partial charge in [-0.3, -0.25) is 0 Å². The third kappa shape index (κ3) is 5.36. The Labute approximate surface area is 126 Å². The number of nitrogens with zero attached hydrogens (tertiary/aromatic N) is 1. The summed E-state index contributed by atoms with van der Waals surface area (Å²) in [6, 6.07) is 15.1. The van der Waals surface area contributed by atoms with Crippen molar-refractivity contribution in [2.45, 2.75) is 6.54 Å². The Balaban J connectivity index is 1.87. The van der Waals surface area contributed by atoms with E-state index in [0.717, 1.165) is 23.5 Å². The Bertz CT molecular complexity index is 553. The number of phenols is 1. The lowest BCUT2D eigenvalue weighted by Crippen LogP contribution is -2.19. The minimum absolute atomic E-state index is 0.287. The third-order valence-electron chi connectivity index (χ3n) is 3.07. The number of benzene rings is 2. The molecule has 0 saturated heterocycles. The molecule has 2 aromatic rings. The summed E-state index contributed by atoms with van der Waals surface area (Å²) in [4.78, 5) is 2.09. The van der Waals surface area contributed by atoms with E-state index in [1.165, 1.54) is 0 Å². The van der Waals surface area contributed by atoms with Gasteiger partial charge in [0.1, 0.15) is 18.1 Å². The molecule has 21 heavy (non-hydrogen) atoms. The summed E-state index contributed by atoms with van der Waals surface area (Å²) >= 11 is 0. The maximum absolute atomic E-state index is 9.26. The van der Waals surface area contributed by atoms with Gasteiger partial charge in [-0.15, -0.1) is 0 Å². The van der Waals surface area contributed by atoms with Crippen LogP contribution >= 0.6 is 0 Å². The zero-order valence-electron chi connectivity index (χ0n) is 12.5. The number of anilines is 1. The summed E-state index contributed by atoms with van der Waals surface area (Å²) in [5.41, 5.74) is 2.14. The molecule has 0 aliphatic heterocycles. The molecule has 4 nitrogen and oxygen atoms in total. The van der Waals surface area contributed by atoms with Gasteiger partial charge >= 0.3 is 0 Å². The fourth-order valence-electron chi connectivity index (χ4n) is 1.86. The van der Waals surface area contributed by atoms with E-state index in [9.17, 15) is 5.11 Å². The zero-order chi connectivity index (χ0) is 15.1. The standard InChI is InChI=1S/C17H22N2O2/c1-19(2)10-11-21-17-5-3-4-15(12-17)18-13-14-6-8-16(20)9-7-14/h3-9,12,18,20H,10-11,13H2,1-2H3. The highest BCUT2D eigenvalue weighted by molar-refractivity contribution is 5.48. The highest BCUT2D eigenvalue weighted by Gasteiger charge is 1.99. The summed E-state index contributed by atoms with van der Waals surface area (Å²) in [5.74, 6) is 1.16. The van der Waals surface area contributed by atoms with Crippen LogP contribution in [0.2, 0.25) is 0 Å². The molecule has 0 aromatic heterocycles. The molecule has 0 saturated carbocycles. The van der Waals surface area contributed by atoms with Gasteiger partial charge in [-0.1, -0.05) is 18.2 Å². The minimum Gasteiger partial charge on any atom is -0.508 e. The first-order valence-electron chi connectivity index (χ1n) is 7.03. The molecular formula is C17H22N2O2. The SMILES string of the molecule is CN(C)CCOc1cccc(NCc2ccc(O)cc2)c1. The fourth-order valence-corrected chi connectivity index (χ4v) is 1.86. The molecule has 0 bridgehead atoms. The van der Waals surface area contributed by atoms with Gasteiger partial charge in [-0.25, -0.2) is 0 Å². The highest BCUT2D eigenvalue weighted by Crippen LogP contribution is 2.18. The monoisotopic (exact) mass is 286 g/mol. The Hall–Kier alpha value is -2.20. The van der Waals surface area contributed by atoms with Gasteiger partial charge in [-0.2, -0.15) is 0 Å². The van der Waals surface area contributed by atoms with Crippen LogP contribution in [0.15, 0.2) is 48.5 Å². The van der Waals surface area contributed by atoms with Crippen LogP contribution in [-0.2, 0) is 6.54 Å². The summed E-state index contributed by atoms with van der Waals surface area (Å²) in [6.45, 7) is 2.28. The van der Waals surface area contributed by atoms with E-state index >= 15 is 0 Å². The van der Waals surface area contributed by atoms with E-state index in [0.29, 0.717) is 13.2 Å². The molecule has 0 amide bonds. The first kappa shape index (κ1) is 15.2. The lowest BCUT2D eigenvalue weighted by molar-refractivity contribution is 0.261. The first-order chi connectivity index (χ1) is 10.1. The van der Waals surface area contributed by atoms with Crippen LogP contribution in [0.5, 0.6) is 11.5 Å². The molecule has 0 aliphatic carbocycles. The van der Waals surface area contributed by atoms with Gasteiger partial charge in [0.15, 0.2) is 0 Å². The van der Waals surface area contributed by atoms with Crippen molar-refractivity contribution in [3.8, 4) is 11.5 Å². The van der Waals surface area contributed by atoms with Crippen molar-refractivity contribution >= 4 is 5.69 Å². The van der Waals surface area contributed by atoms with Crippen molar-refractivity contribution in [1.82, 2.24) is 4.90 Å². The highest BCUT2D eigenvalue weighted by atomic mass is 16.5. The molecule has 2 N–H and O–H groups in total. The van der Waals surface area contributed by atoms with Crippen molar-refractivity contribution in [3.05, 3.63) is 54.1 Å². The maximum Gasteiger partial charge on any atom is 0.121 e. The predicted octanol–water partition coefficient (Wildman–Crippen LogP) is 2.94. The number of hydrogen-bond acceptors (Lipinski definition) is 4. The van der Waals surface area contributed by atoms with Crippen LogP contribution in [0.1, 0.15) is 5.56 Å². The lowest BCUT2D eigenvalue weighted by atomic mass is 10.2. The zero-order valence-corrected chi connectivity index (χ0v) is 12.5. The second kappa shape index (κ2) is 7.55. The lowest BCUT2D eigenvalue weighted by Gasteiger charge is -2.12. The van der Waals surface area contributed by atoms with Crippen molar-refractivity contribution in [1.29, 1.82) is 0 Å². The van der Waals surface area contributed by atoms with Crippen LogP contribution < -0.4 is 10.1 Å². The van der Waals surface area contributed by atoms with Crippen LogP contribution in [0.25, 0.3) is 0 Å². The van der Waals surface area contributed by atoms with Crippen LogP contribution in [0.4, 0.5) is 5.69 Å². The van der Waals surface area contributed by atoms with Crippen molar-refractivity contribution in [2.75, 3.05) is 32.6 Å². The van der Waals surface area contributed by atoms with Crippen LogP contribution in [-0.4, -0.2) is 37.3 Å². The quantitative estimate of drug-likeness (QED) is 0.821. The van der Waals surface area contributed by atoms with Gasteiger partial charge in [-0.05, 0) is 43.9 Å². The Kier molecular flexibility index (Phi) is 5.46.